The Morgan fingerprint density at radius 2 is 2.30 bits per heavy atom. The molecule has 0 spiro atoms. The lowest BCUT2D eigenvalue weighted by Crippen LogP contribution is -2.30. The summed E-state index contributed by atoms with van der Waals surface area (Å²) in [5, 5.41) is 0. The average Bonchev–Trinajstić information content (AvgIpc) is 2.80. The maximum absolute atomic E-state index is 12.2. The Morgan fingerprint density at radius 3 is 2.90 bits per heavy atom. The molecule has 0 aromatic carbocycles. The lowest BCUT2D eigenvalue weighted by molar-refractivity contribution is 0.0182. The number of fused-ring (bicyclic) bond motifs is 1. The number of nitrogens with one attached hydrogen (secondary N) is 1. The minimum Gasteiger partial charge on any atom is -0.369 e. The van der Waals surface area contributed by atoms with Crippen molar-refractivity contribution in [2.45, 2.75) is 19.6 Å². The molecule has 0 aliphatic heterocycles. The van der Waals surface area contributed by atoms with E-state index in [-0.39, 0.29) is 23.5 Å². The molecule has 0 saturated heterocycles. The van der Waals surface area contributed by atoms with Gasteiger partial charge in [0.1, 0.15) is 6.23 Å². The molecule has 2 aromatic heterocycles. The Hall–Kier alpha value is -1.74. The summed E-state index contributed by atoms with van der Waals surface area (Å²) in [6, 6.07) is 0. The van der Waals surface area contributed by atoms with Crippen molar-refractivity contribution < 1.29 is 19.1 Å². The summed E-state index contributed by atoms with van der Waals surface area (Å²) in [5.41, 5.74) is 5.50. The van der Waals surface area contributed by atoms with E-state index in [1.807, 2.05) is 0 Å². The van der Waals surface area contributed by atoms with Gasteiger partial charge in [-0.25, -0.2) is 9.55 Å². The zero-order chi connectivity index (χ0) is 14.9. The molecule has 1 unspecified atom stereocenters. The monoisotopic (exact) mass is 303 g/mol. The third-order valence-corrected chi connectivity index (χ3v) is 3.08. The van der Waals surface area contributed by atoms with Gasteiger partial charge in [-0.2, -0.15) is 4.98 Å². The highest BCUT2D eigenvalue weighted by Gasteiger charge is 2.22. The van der Waals surface area contributed by atoms with E-state index in [1.54, 1.807) is 6.92 Å². The number of aromatic amines is 1. The van der Waals surface area contributed by atoms with Crippen molar-refractivity contribution in [2.75, 3.05) is 12.1 Å². The fourth-order valence-electron chi connectivity index (χ4n) is 1.75. The highest BCUT2D eigenvalue weighted by atomic mass is 31.2. The van der Waals surface area contributed by atoms with Crippen LogP contribution in [-0.4, -0.2) is 35.7 Å². The number of aromatic nitrogens is 4. The van der Waals surface area contributed by atoms with Crippen LogP contribution in [0.25, 0.3) is 11.2 Å². The second-order valence-corrected chi connectivity index (χ2v) is 5.66. The standard InChI is InChI=1S/C9H14N5O5P/c1-2-5(19-4-20(16,17)18)14-8(15)6-7(12-3-11-6)13-9(14)10/h3,5H,2,4H2,1H3,(H2,10,13)(H,11,12)(H2,16,17,18). The summed E-state index contributed by atoms with van der Waals surface area (Å²) in [6.07, 6.45) is -0.139. The first-order valence-corrected chi connectivity index (χ1v) is 7.50. The number of nitrogen functional groups attached to an aromatic ring is 1. The fraction of sp³-hybridized carbons (Fsp3) is 0.444. The second kappa shape index (κ2) is 5.33. The van der Waals surface area contributed by atoms with Crippen LogP contribution in [-0.2, 0) is 9.30 Å². The summed E-state index contributed by atoms with van der Waals surface area (Å²) in [6.45, 7) is 1.69. The molecule has 0 amide bonds. The Morgan fingerprint density at radius 1 is 1.60 bits per heavy atom. The van der Waals surface area contributed by atoms with Crippen LogP contribution in [0.1, 0.15) is 19.6 Å². The zero-order valence-electron chi connectivity index (χ0n) is 10.6. The van der Waals surface area contributed by atoms with Crippen LogP contribution in [0.2, 0.25) is 0 Å². The number of hydrogen-bond acceptors (Lipinski definition) is 6. The van der Waals surface area contributed by atoms with Crippen molar-refractivity contribution >= 4 is 24.7 Å². The van der Waals surface area contributed by atoms with Crippen LogP contribution in [0.4, 0.5) is 5.95 Å². The summed E-state index contributed by atoms with van der Waals surface area (Å²) < 4.78 is 17.0. The van der Waals surface area contributed by atoms with E-state index in [9.17, 15) is 9.36 Å². The lowest BCUT2D eigenvalue weighted by atomic mass is 10.4. The van der Waals surface area contributed by atoms with E-state index in [4.69, 9.17) is 20.3 Å². The topological polar surface area (TPSA) is 156 Å². The molecule has 10 nitrogen and oxygen atoms in total. The fourth-order valence-corrected chi connectivity index (χ4v) is 2.12. The molecule has 11 heteroatoms. The van der Waals surface area contributed by atoms with Crippen LogP contribution in [0.3, 0.4) is 0 Å². The van der Waals surface area contributed by atoms with Crippen molar-refractivity contribution in [3.8, 4) is 0 Å². The van der Waals surface area contributed by atoms with Crippen LogP contribution in [0.15, 0.2) is 11.1 Å². The molecule has 110 valence electrons. The first-order valence-electron chi connectivity index (χ1n) is 5.70. The molecule has 1 atom stereocenters. The molecular weight excluding hydrogens is 289 g/mol. The van der Waals surface area contributed by atoms with E-state index < -0.39 is 25.7 Å². The lowest BCUT2D eigenvalue weighted by Gasteiger charge is -2.20. The smallest absolute Gasteiger partial charge is 0.351 e. The summed E-state index contributed by atoms with van der Waals surface area (Å²) >= 11 is 0. The van der Waals surface area contributed by atoms with Crippen LogP contribution in [0, 0.1) is 0 Å². The minimum atomic E-state index is -4.34. The number of nitrogens with zero attached hydrogens (tertiary/aromatic N) is 3. The Kier molecular flexibility index (Phi) is 3.91. The highest BCUT2D eigenvalue weighted by Crippen LogP contribution is 2.36. The van der Waals surface area contributed by atoms with E-state index in [0.717, 1.165) is 4.57 Å². The Bertz CT molecular complexity index is 719. The van der Waals surface area contributed by atoms with Crippen molar-refractivity contribution in [3.05, 3.63) is 16.7 Å². The van der Waals surface area contributed by atoms with Gasteiger partial charge in [0.15, 0.2) is 17.5 Å². The van der Waals surface area contributed by atoms with Gasteiger partial charge in [0.2, 0.25) is 5.95 Å². The zero-order valence-corrected chi connectivity index (χ0v) is 11.4. The van der Waals surface area contributed by atoms with Gasteiger partial charge >= 0.3 is 7.60 Å². The van der Waals surface area contributed by atoms with E-state index in [2.05, 4.69) is 15.0 Å². The number of anilines is 1. The van der Waals surface area contributed by atoms with Crippen LogP contribution >= 0.6 is 7.60 Å². The number of H-pyrrole nitrogens is 1. The molecule has 0 fully saturated rings. The van der Waals surface area contributed by atoms with E-state index in [0.29, 0.717) is 0 Å². The summed E-state index contributed by atoms with van der Waals surface area (Å²) in [4.78, 5) is 40.3. The summed E-state index contributed by atoms with van der Waals surface area (Å²) in [7, 11) is -4.34. The number of hydrogen-bond donors (Lipinski definition) is 4. The molecule has 2 aromatic rings. The van der Waals surface area contributed by atoms with Gasteiger partial charge in [-0.05, 0) is 6.42 Å². The van der Waals surface area contributed by atoms with Gasteiger partial charge in [0.05, 0.1) is 6.33 Å². The molecule has 5 N–H and O–H groups in total. The number of imidazole rings is 1. The maximum Gasteiger partial charge on any atom is 0.351 e. The van der Waals surface area contributed by atoms with Gasteiger partial charge in [0, 0.05) is 0 Å². The normalized spacial score (nSPS) is 13.8. The first kappa shape index (κ1) is 14.7. The number of rotatable bonds is 5. The van der Waals surface area contributed by atoms with Crippen molar-refractivity contribution in [1.82, 2.24) is 19.5 Å². The largest absolute Gasteiger partial charge is 0.369 e. The predicted molar refractivity (Wildman–Crippen MR) is 69.9 cm³/mol. The predicted octanol–water partition coefficient (Wildman–Crippen LogP) is -0.238. The van der Waals surface area contributed by atoms with Crippen molar-refractivity contribution in [1.29, 1.82) is 0 Å². The quantitative estimate of drug-likeness (QED) is 0.551. The van der Waals surface area contributed by atoms with Gasteiger partial charge in [0.25, 0.3) is 5.56 Å². The highest BCUT2D eigenvalue weighted by molar-refractivity contribution is 7.51. The van der Waals surface area contributed by atoms with Crippen molar-refractivity contribution in [3.63, 3.8) is 0 Å². The second-order valence-electron chi connectivity index (χ2n) is 4.07. The third-order valence-electron chi connectivity index (χ3n) is 2.59. The molecule has 0 aliphatic rings. The van der Waals surface area contributed by atoms with Gasteiger partial charge in [-0.3, -0.25) is 9.36 Å². The molecule has 20 heavy (non-hydrogen) atoms. The molecule has 0 bridgehead atoms. The average molecular weight is 303 g/mol. The third kappa shape index (κ3) is 2.88. The molecule has 0 radical (unpaired) electrons. The number of ether oxygens (including phenoxy) is 1. The molecular formula is C9H14N5O5P. The molecule has 2 heterocycles. The van der Waals surface area contributed by atoms with Gasteiger partial charge < -0.3 is 25.2 Å². The molecule has 0 saturated carbocycles. The first-order chi connectivity index (χ1) is 9.33. The van der Waals surface area contributed by atoms with E-state index in [1.165, 1.54) is 6.33 Å². The minimum absolute atomic E-state index is 0.132. The molecule has 0 aliphatic carbocycles. The summed E-state index contributed by atoms with van der Waals surface area (Å²) in [5.74, 6) is -0.132. The van der Waals surface area contributed by atoms with Gasteiger partial charge in [-0.15, -0.1) is 0 Å². The van der Waals surface area contributed by atoms with Crippen LogP contribution in [0.5, 0.6) is 0 Å². The van der Waals surface area contributed by atoms with E-state index >= 15 is 0 Å². The Balaban J connectivity index is 2.43. The van der Waals surface area contributed by atoms with Crippen LogP contribution < -0.4 is 11.3 Å². The van der Waals surface area contributed by atoms with Gasteiger partial charge in [-0.1, -0.05) is 6.92 Å². The maximum atomic E-state index is 12.2. The SMILES string of the molecule is CCC(OCP(=O)(O)O)n1c(N)nc2nc[nH]c2c1=O. The Labute approximate surface area is 112 Å². The number of nitrogens with two attached hydrogens (primary N) is 1. The van der Waals surface area contributed by atoms with Crippen molar-refractivity contribution in [2.24, 2.45) is 0 Å². The molecule has 2 rings (SSSR count).